The molecule has 1 aromatic heterocycles. The van der Waals surface area contributed by atoms with Gasteiger partial charge in [-0.15, -0.1) is 0 Å². The third-order valence-electron chi connectivity index (χ3n) is 4.42. The molecule has 0 spiro atoms. The van der Waals surface area contributed by atoms with Gasteiger partial charge in [0.1, 0.15) is 5.57 Å². The van der Waals surface area contributed by atoms with Crippen molar-refractivity contribution in [2.24, 2.45) is 0 Å². The van der Waals surface area contributed by atoms with E-state index in [1.165, 1.54) is 6.20 Å². The number of pyridine rings is 1. The van der Waals surface area contributed by atoms with Crippen LogP contribution in [0.3, 0.4) is 0 Å². The lowest BCUT2D eigenvalue weighted by Crippen LogP contribution is -2.18. The standard InChI is InChI=1S/C20H12F3NO/c1-11-6-5-9-13-16-14(10-24-18(11)13)19(25)17(20(21,22)23)15(16)12-7-3-2-4-8-12/h2-10H,1H3. The number of rotatable bonds is 1. The Kier molecular flexibility index (Phi) is 3.29. The van der Waals surface area contributed by atoms with Crippen molar-refractivity contribution in [1.82, 2.24) is 4.98 Å². The predicted octanol–water partition coefficient (Wildman–Crippen LogP) is 5.10. The maximum absolute atomic E-state index is 13.7. The number of carbonyl (C=O) groups is 1. The molecule has 0 N–H and O–H groups in total. The molecule has 1 aliphatic carbocycles. The second kappa shape index (κ2) is 5.28. The normalized spacial score (nSPS) is 14.3. The molecule has 0 radical (unpaired) electrons. The van der Waals surface area contributed by atoms with E-state index in [0.29, 0.717) is 22.0 Å². The summed E-state index contributed by atoms with van der Waals surface area (Å²) in [6.45, 7) is 1.84. The van der Waals surface area contributed by atoms with E-state index in [1.807, 2.05) is 13.0 Å². The summed E-state index contributed by atoms with van der Waals surface area (Å²) in [5, 5.41) is 0.559. The predicted molar refractivity (Wildman–Crippen MR) is 89.3 cm³/mol. The van der Waals surface area contributed by atoms with Crippen LogP contribution in [0.1, 0.15) is 27.0 Å². The minimum absolute atomic E-state index is 0.00396. The minimum atomic E-state index is -4.74. The van der Waals surface area contributed by atoms with E-state index in [0.717, 1.165) is 5.56 Å². The van der Waals surface area contributed by atoms with Crippen LogP contribution < -0.4 is 0 Å². The smallest absolute Gasteiger partial charge is 0.289 e. The highest BCUT2D eigenvalue weighted by Crippen LogP contribution is 2.46. The van der Waals surface area contributed by atoms with Gasteiger partial charge in [-0.25, -0.2) is 0 Å². The third kappa shape index (κ3) is 2.27. The lowest BCUT2D eigenvalue weighted by Gasteiger charge is -2.12. The molecule has 0 unspecified atom stereocenters. The van der Waals surface area contributed by atoms with E-state index in [2.05, 4.69) is 4.98 Å². The summed E-state index contributed by atoms with van der Waals surface area (Å²) in [6.07, 6.45) is -3.48. The topological polar surface area (TPSA) is 30.0 Å². The zero-order valence-electron chi connectivity index (χ0n) is 13.2. The number of hydrogen-bond donors (Lipinski definition) is 0. The van der Waals surface area contributed by atoms with Gasteiger partial charge < -0.3 is 0 Å². The Hall–Kier alpha value is -2.95. The number of aryl methyl sites for hydroxylation is 1. The van der Waals surface area contributed by atoms with E-state index in [-0.39, 0.29) is 11.1 Å². The summed E-state index contributed by atoms with van der Waals surface area (Å²) in [4.78, 5) is 16.8. The number of fused-ring (bicyclic) bond motifs is 3. The highest BCUT2D eigenvalue weighted by molar-refractivity contribution is 6.26. The second-order valence-corrected chi connectivity index (χ2v) is 5.96. The first-order valence-corrected chi connectivity index (χ1v) is 7.70. The first-order valence-electron chi connectivity index (χ1n) is 7.70. The summed E-state index contributed by atoms with van der Waals surface area (Å²) in [5.41, 5.74) is 0.958. The zero-order valence-corrected chi connectivity index (χ0v) is 13.2. The number of Topliss-reactive ketones (excluding diaryl/α,β-unsaturated/α-hetero) is 1. The van der Waals surface area contributed by atoms with Crippen LogP contribution in [0.5, 0.6) is 0 Å². The molecule has 0 atom stereocenters. The molecule has 0 saturated carbocycles. The number of nitrogens with zero attached hydrogens (tertiary/aromatic N) is 1. The van der Waals surface area contributed by atoms with Gasteiger partial charge in [-0.1, -0.05) is 48.5 Å². The number of allylic oxidation sites excluding steroid dienone is 1. The Labute approximate surface area is 141 Å². The molecular weight excluding hydrogens is 327 g/mol. The van der Waals surface area contributed by atoms with Gasteiger partial charge in [0.25, 0.3) is 0 Å². The number of halogens is 3. The van der Waals surface area contributed by atoms with E-state index >= 15 is 0 Å². The highest BCUT2D eigenvalue weighted by Gasteiger charge is 2.47. The number of para-hydroxylation sites is 1. The molecule has 1 heterocycles. The number of ketones is 1. The van der Waals surface area contributed by atoms with E-state index < -0.39 is 17.5 Å². The van der Waals surface area contributed by atoms with Crippen molar-refractivity contribution in [2.45, 2.75) is 13.1 Å². The molecule has 2 nitrogen and oxygen atoms in total. The van der Waals surface area contributed by atoms with Crippen molar-refractivity contribution in [3.63, 3.8) is 0 Å². The molecule has 0 aliphatic heterocycles. The maximum atomic E-state index is 13.7. The lowest BCUT2D eigenvalue weighted by molar-refractivity contribution is -0.0878. The number of alkyl halides is 3. The number of hydrogen-bond acceptors (Lipinski definition) is 2. The van der Waals surface area contributed by atoms with E-state index in [9.17, 15) is 18.0 Å². The number of aromatic nitrogens is 1. The summed E-state index contributed by atoms with van der Waals surface area (Å²) < 4.78 is 41.1. The SMILES string of the molecule is Cc1cccc2c3c(cnc12)C(=O)C(C(F)(F)F)=C3c1ccccc1. The summed E-state index contributed by atoms with van der Waals surface area (Å²) in [7, 11) is 0. The van der Waals surface area contributed by atoms with Gasteiger partial charge in [0.05, 0.1) is 5.52 Å². The Balaban J connectivity index is 2.17. The van der Waals surface area contributed by atoms with Gasteiger partial charge >= 0.3 is 6.18 Å². The Bertz CT molecular complexity index is 1050. The zero-order chi connectivity index (χ0) is 17.8. The Morgan fingerprint density at radius 3 is 2.36 bits per heavy atom. The van der Waals surface area contributed by atoms with Crippen LogP contribution in [0, 0.1) is 6.92 Å². The van der Waals surface area contributed by atoms with Crippen LogP contribution in [-0.4, -0.2) is 16.9 Å². The first-order chi connectivity index (χ1) is 11.9. The Morgan fingerprint density at radius 2 is 1.68 bits per heavy atom. The molecule has 124 valence electrons. The van der Waals surface area contributed by atoms with Gasteiger partial charge in [-0.2, -0.15) is 13.2 Å². The highest BCUT2D eigenvalue weighted by atomic mass is 19.4. The number of carbonyl (C=O) groups excluding carboxylic acids is 1. The summed E-state index contributed by atoms with van der Waals surface area (Å²) in [6, 6.07) is 13.5. The van der Waals surface area contributed by atoms with Gasteiger partial charge in [0.2, 0.25) is 5.78 Å². The molecule has 0 saturated heterocycles. The van der Waals surface area contributed by atoms with Crippen LogP contribution in [0.25, 0.3) is 16.5 Å². The molecule has 1 aliphatic rings. The van der Waals surface area contributed by atoms with Gasteiger partial charge in [-0.3, -0.25) is 9.78 Å². The fourth-order valence-electron chi connectivity index (χ4n) is 3.35. The maximum Gasteiger partial charge on any atom is 0.420 e. The van der Waals surface area contributed by atoms with Crippen molar-refractivity contribution in [3.8, 4) is 0 Å². The molecule has 0 fully saturated rings. The van der Waals surface area contributed by atoms with Crippen LogP contribution in [0.15, 0.2) is 60.3 Å². The van der Waals surface area contributed by atoms with Crippen molar-refractivity contribution >= 4 is 22.3 Å². The van der Waals surface area contributed by atoms with E-state index in [4.69, 9.17) is 0 Å². The molecule has 2 aromatic carbocycles. The van der Waals surface area contributed by atoms with Gasteiger partial charge in [0.15, 0.2) is 0 Å². The molecule has 0 amide bonds. The largest absolute Gasteiger partial charge is 0.420 e. The fraction of sp³-hybridized carbons (Fsp3) is 0.100. The number of benzene rings is 2. The fourth-order valence-corrected chi connectivity index (χ4v) is 3.35. The van der Waals surface area contributed by atoms with Crippen molar-refractivity contribution in [2.75, 3.05) is 0 Å². The molecule has 5 heteroatoms. The van der Waals surface area contributed by atoms with Crippen LogP contribution in [0.2, 0.25) is 0 Å². The molecule has 25 heavy (non-hydrogen) atoms. The molecule has 0 bridgehead atoms. The molecule has 4 rings (SSSR count). The minimum Gasteiger partial charge on any atom is -0.289 e. The van der Waals surface area contributed by atoms with Crippen LogP contribution in [-0.2, 0) is 0 Å². The quantitative estimate of drug-likeness (QED) is 0.617. The van der Waals surface area contributed by atoms with Crippen molar-refractivity contribution in [3.05, 3.63) is 82.6 Å². The second-order valence-electron chi connectivity index (χ2n) is 5.96. The van der Waals surface area contributed by atoms with Crippen LogP contribution in [0.4, 0.5) is 13.2 Å². The van der Waals surface area contributed by atoms with Crippen molar-refractivity contribution in [1.29, 1.82) is 0 Å². The monoisotopic (exact) mass is 339 g/mol. The van der Waals surface area contributed by atoms with E-state index in [1.54, 1.807) is 42.5 Å². The lowest BCUT2D eigenvalue weighted by atomic mass is 9.94. The van der Waals surface area contributed by atoms with Gasteiger partial charge in [0, 0.05) is 28.3 Å². The molecular formula is C20H12F3NO. The summed E-state index contributed by atoms with van der Waals surface area (Å²) in [5.74, 6) is -1.02. The first kappa shape index (κ1) is 15.6. The van der Waals surface area contributed by atoms with Crippen LogP contribution >= 0.6 is 0 Å². The third-order valence-corrected chi connectivity index (χ3v) is 4.42. The molecule has 3 aromatic rings. The van der Waals surface area contributed by atoms with Gasteiger partial charge in [-0.05, 0) is 18.1 Å². The Morgan fingerprint density at radius 1 is 0.960 bits per heavy atom. The average Bonchev–Trinajstić information content (AvgIpc) is 2.89. The average molecular weight is 339 g/mol. The summed E-state index contributed by atoms with van der Waals surface area (Å²) >= 11 is 0. The van der Waals surface area contributed by atoms with Crippen molar-refractivity contribution < 1.29 is 18.0 Å².